The van der Waals surface area contributed by atoms with Crippen LogP contribution < -0.4 is 0 Å². The van der Waals surface area contributed by atoms with Crippen molar-refractivity contribution in [1.82, 2.24) is 0 Å². The van der Waals surface area contributed by atoms with E-state index in [4.69, 9.17) is 4.74 Å². The first-order valence-corrected chi connectivity index (χ1v) is 7.18. The second-order valence-corrected chi connectivity index (χ2v) is 4.85. The minimum Gasteiger partial charge on any atom is -0.463 e. The number of ether oxygens (including phenoxy) is 1. The van der Waals surface area contributed by atoms with E-state index in [1.165, 1.54) is 5.56 Å². The van der Waals surface area contributed by atoms with Gasteiger partial charge in [0, 0.05) is 5.57 Å². The molecule has 21 heavy (non-hydrogen) atoms. The van der Waals surface area contributed by atoms with E-state index in [0.717, 1.165) is 17.6 Å². The zero-order chi connectivity index (χ0) is 15.1. The summed E-state index contributed by atoms with van der Waals surface area (Å²) in [5, 5.41) is 0. The lowest BCUT2D eigenvalue weighted by Gasteiger charge is -2.12. The van der Waals surface area contributed by atoms with Crippen molar-refractivity contribution in [2.75, 3.05) is 6.61 Å². The average molecular weight is 280 g/mol. The van der Waals surface area contributed by atoms with Crippen LogP contribution in [-0.4, -0.2) is 12.6 Å². The van der Waals surface area contributed by atoms with Gasteiger partial charge in [-0.1, -0.05) is 60.7 Å². The fourth-order valence-electron chi connectivity index (χ4n) is 2.25. The molecule has 0 aliphatic heterocycles. The first-order valence-electron chi connectivity index (χ1n) is 7.18. The second kappa shape index (κ2) is 7.44. The normalized spacial score (nSPS) is 11.7. The van der Waals surface area contributed by atoms with Gasteiger partial charge in [0.05, 0.1) is 6.61 Å². The summed E-state index contributed by atoms with van der Waals surface area (Å²) in [5.74, 6) is -0.243. The van der Waals surface area contributed by atoms with Crippen LogP contribution in [0.4, 0.5) is 0 Å². The van der Waals surface area contributed by atoms with Crippen molar-refractivity contribution < 1.29 is 9.53 Å². The van der Waals surface area contributed by atoms with E-state index in [1.807, 2.05) is 62.4 Å². The van der Waals surface area contributed by atoms with Crippen molar-refractivity contribution in [3.05, 3.63) is 77.4 Å². The maximum absolute atomic E-state index is 12.1. The molecule has 0 spiro atoms. The van der Waals surface area contributed by atoms with Crippen molar-refractivity contribution in [3.63, 3.8) is 0 Å². The highest BCUT2D eigenvalue weighted by Gasteiger charge is 2.14. The Labute approximate surface area is 126 Å². The Morgan fingerprint density at radius 1 is 0.952 bits per heavy atom. The van der Waals surface area contributed by atoms with Crippen LogP contribution in [0.2, 0.25) is 0 Å². The van der Waals surface area contributed by atoms with Gasteiger partial charge in [0.25, 0.3) is 0 Å². The Balaban J connectivity index is 2.40. The number of carbonyl (C=O) groups is 1. The molecule has 2 rings (SSSR count). The predicted molar refractivity (Wildman–Crippen MR) is 85.8 cm³/mol. The summed E-state index contributed by atoms with van der Waals surface area (Å²) in [7, 11) is 0. The van der Waals surface area contributed by atoms with Gasteiger partial charge >= 0.3 is 5.97 Å². The topological polar surface area (TPSA) is 26.3 Å². The zero-order valence-corrected chi connectivity index (χ0v) is 12.5. The average Bonchev–Trinajstić information content (AvgIpc) is 2.54. The van der Waals surface area contributed by atoms with Crippen LogP contribution >= 0.6 is 0 Å². The Morgan fingerprint density at radius 2 is 1.52 bits per heavy atom. The number of carbonyl (C=O) groups excluding carboxylic acids is 1. The lowest BCUT2D eigenvalue weighted by atomic mass is 9.94. The molecule has 0 aliphatic rings. The molecular weight excluding hydrogens is 260 g/mol. The van der Waals surface area contributed by atoms with Crippen molar-refractivity contribution >= 4 is 11.5 Å². The van der Waals surface area contributed by atoms with Gasteiger partial charge in [-0.05, 0) is 37.0 Å². The molecule has 0 saturated carbocycles. The second-order valence-electron chi connectivity index (χ2n) is 4.85. The molecule has 0 unspecified atom stereocenters. The lowest BCUT2D eigenvalue weighted by molar-refractivity contribution is -0.138. The van der Waals surface area contributed by atoms with Crippen LogP contribution in [0.25, 0.3) is 5.57 Å². The number of rotatable bonds is 5. The van der Waals surface area contributed by atoms with Crippen LogP contribution in [0.1, 0.15) is 25.0 Å². The summed E-state index contributed by atoms with van der Waals surface area (Å²) >= 11 is 0. The number of esters is 1. The molecule has 0 fully saturated rings. The highest BCUT2D eigenvalue weighted by Crippen LogP contribution is 2.24. The summed E-state index contributed by atoms with van der Waals surface area (Å²) in [6, 6.07) is 20.2. The van der Waals surface area contributed by atoms with Crippen molar-refractivity contribution in [2.24, 2.45) is 0 Å². The SMILES string of the molecule is CCOC(=O)/C(C)=C(\Cc1ccccc1)c1ccccc1. The van der Waals surface area contributed by atoms with Crippen LogP contribution in [0.15, 0.2) is 66.2 Å². The van der Waals surface area contributed by atoms with Gasteiger partial charge in [0.1, 0.15) is 0 Å². The van der Waals surface area contributed by atoms with E-state index in [1.54, 1.807) is 0 Å². The first kappa shape index (κ1) is 15.0. The number of allylic oxidation sites excluding steroid dienone is 1. The van der Waals surface area contributed by atoms with E-state index < -0.39 is 0 Å². The monoisotopic (exact) mass is 280 g/mol. The summed E-state index contributed by atoms with van der Waals surface area (Å²) < 4.78 is 5.15. The van der Waals surface area contributed by atoms with Crippen molar-refractivity contribution in [2.45, 2.75) is 20.3 Å². The number of hydrogen-bond donors (Lipinski definition) is 0. The zero-order valence-electron chi connectivity index (χ0n) is 12.5. The highest BCUT2D eigenvalue weighted by molar-refractivity contribution is 5.97. The third-order valence-electron chi connectivity index (χ3n) is 3.38. The standard InChI is InChI=1S/C19H20O2/c1-3-21-19(20)15(2)18(17-12-8-5-9-13-17)14-16-10-6-4-7-11-16/h4-13H,3,14H2,1-2H3/b18-15+. The Bertz CT molecular complexity index is 613. The Hall–Kier alpha value is -2.35. The molecule has 0 radical (unpaired) electrons. The van der Waals surface area contributed by atoms with E-state index in [-0.39, 0.29) is 5.97 Å². The molecule has 0 N–H and O–H groups in total. The fraction of sp³-hybridized carbons (Fsp3) is 0.211. The van der Waals surface area contributed by atoms with Crippen LogP contribution in [-0.2, 0) is 16.0 Å². The molecule has 0 aliphatic carbocycles. The molecule has 2 heteroatoms. The van der Waals surface area contributed by atoms with Gasteiger partial charge < -0.3 is 4.74 Å². The fourth-order valence-corrected chi connectivity index (χ4v) is 2.25. The van der Waals surface area contributed by atoms with Gasteiger partial charge in [0.15, 0.2) is 0 Å². The Kier molecular flexibility index (Phi) is 5.33. The third-order valence-corrected chi connectivity index (χ3v) is 3.38. The van der Waals surface area contributed by atoms with Gasteiger partial charge in [-0.25, -0.2) is 4.79 Å². The molecule has 2 aromatic rings. The van der Waals surface area contributed by atoms with E-state index in [2.05, 4.69) is 12.1 Å². The Morgan fingerprint density at radius 3 is 2.10 bits per heavy atom. The summed E-state index contributed by atoms with van der Waals surface area (Å²) in [6.45, 7) is 4.05. The van der Waals surface area contributed by atoms with Crippen LogP contribution in [0, 0.1) is 0 Å². The van der Waals surface area contributed by atoms with E-state index in [9.17, 15) is 4.79 Å². The summed E-state index contributed by atoms with van der Waals surface area (Å²) in [4.78, 5) is 12.1. The smallest absolute Gasteiger partial charge is 0.334 e. The highest BCUT2D eigenvalue weighted by atomic mass is 16.5. The quantitative estimate of drug-likeness (QED) is 0.604. The summed E-state index contributed by atoms with van der Waals surface area (Å²) in [6.07, 6.45) is 0.718. The lowest BCUT2D eigenvalue weighted by Crippen LogP contribution is -2.08. The molecule has 0 atom stereocenters. The van der Waals surface area contributed by atoms with Crippen LogP contribution in [0.3, 0.4) is 0 Å². The van der Waals surface area contributed by atoms with Crippen LogP contribution in [0.5, 0.6) is 0 Å². The van der Waals surface area contributed by atoms with Crippen molar-refractivity contribution in [1.29, 1.82) is 0 Å². The largest absolute Gasteiger partial charge is 0.463 e. The maximum Gasteiger partial charge on any atom is 0.334 e. The van der Waals surface area contributed by atoms with Gasteiger partial charge in [0.2, 0.25) is 0 Å². The molecule has 0 aromatic heterocycles. The molecule has 0 heterocycles. The number of hydrogen-bond acceptors (Lipinski definition) is 2. The molecule has 0 bridgehead atoms. The molecule has 2 aromatic carbocycles. The minimum absolute atomic E-state index is 0.243. The molecule has 0 saturated heterocycles. The molecule has 2 nitrogen and oxygen atoms in total. The van der Waals surface area contributed by atoms with E-state index >= 15 is 0 Å². The third kappa shape index (κ3) is 4.06. The minimum atomic E-state index is -0.243. The molecule has 108 valence electrons. The van der Waals surface area contributed by atoms with Crippen molar-refractivity contribution in [3.8, 4) is 0 Å². The van der Waals surface area contributed by atoms with Gasteiger partial charge in [-0.3, -0.25) is 0 Å². The molecular formula is C19H20O2. The molecule has 0 amide bonds. The van der Waals surface area contributed by atoms with Gasteiger partial charge in [-0.15, -0.1) is 0 Å². The summed E-state index contributed by atoms with van der Waals surface area (Å²) in [5.41, 5.74) is 3.93. The van der Waals surface area contributed by atoms with E-state index in [0.29, 0.717) is 12.2 Å². The van der Waals surface area contributed by atoms with Gasteiger partial charge in [-0.2, -0.15) is 0 Å². The maximum atomic E-state index is 12.1. The number of benzene rings is 2. The predicted octanol–water partition coefficient (Wildman–Crippen LogP) is 4.27. The first-order chi connectivity index (χ1) is 10.2.